The first-order chi connectivity index (χ1) is 12.1. The molecular weight excluding hydrogens is 324 g/mol. The fourth-order valence-corrected chi connectivity index (χ4v) is 2.43. The zero-order chi connectivity index (χ0) is 17.8. The number of nitrogens with two attached hydrogens (primary N) is 1. The Labute approximate surface area is 144 Å². The summed E-state index contributed by atoms with van der Waals surface area (Å²) in [5.41, 5.74) is 7.65. The highest BCUT2D eigenvalue weighted by Gasteiger charge is 2.17. The van der Waals surface area contributed by atoms with Gasteiger partial charge in [-0.15, -0.1) is 0 Å². The second kappa shape index (κ2) is 7.18. The highest BCUT2D eigenvalue weighted by molar-refractivity contribution is 5.97. The third kappa shape index (κ3) is 3.86. The number of nitrogens with zero attached hydrogens (tertiary/aromatic N) is 1. The van der Waals surface area contributed by atoms with Gasteiger partial charge in [-0.05, 0) is 24.6 Å². The maximum Gasteiger partial charge on any atom is 0.411 e. The van der Waals surface area contributed by atoms with Gasteiger partial charge < -0.3 is 20.2 Å². The Morgan fingerprint density at radius 2 is 2.28 bits per heavy atom. The average Bonchev–Trinajstić information content (AvgIpc) is 3.08. The number of rotatable bonds is 1. The van der Waals surface area contributed by atoms with Gasteiger partial charge in [-0.3, -0.25) is 10.1 Å². The molecule has 0 spiro atoms. The van der Waals surface area contributed by atoms with Crippen LogP contribution in [0.3, 0.4) is 0 Å². The molecule has 0 unspecified atom stereocenters. The number of fused-ring (bicyclic) bond motifs is 4. The first-order valence-corrected chi connectivity index (χ1v) is 7.72. The van der Waals surface area contributed by atoms with Crippen molar-refractivity contribution in [1.82, 2.24) is 4.98 Å². The highest BCUT2D eigenvalue weighted by Crippen LogP contribution is 2.33. The molecule has 2 bridgehead atoms. The Hall–Kier alpha value is -3.13. The van der Waals surface area contributed by atoms with E-state index in [0.29, 0.717) is 35.0 Å². The lowest BCUT2D eigenvalue weighted by Crippen LogP contribution is -2.14. The third-order valence-electron chi connectivity index (χ3n) is 3.69. The van der Waals surface area contributed by atoms with Crippen molar-refractivity contribution in [1.29, 1.82) is 0 Å². The number of amides is 2. The first-order valence-electron chi connectivity index (χ1n) is 7.72. The van der Waals surface area contributed by atoms with E-state index in [1.54, 1.807) is 30.5 Å². The Kier molecular flexibility index (Phi) is 4.80. The minimum absolute atomic E-state index is 0.193. The van der Waals surface area contributed by atoms with Crippen LogP contribution in [0, 0.1) is 0 Å². The van der Waals surface area contributed by atoms with Gasteiger partial charge in [0.2, 0.25) is 11.8 Å². The predicted molar refractivity (Wildman–Crippen MR) is 91.9 cm³/mol. The van der Waals surface area contributed by atoms with Gasteiger partial charge in [0, 0.05) is 17.7 Å². The number of anilines is 2. The molecule has 2 heterocycles. The Morgan fingerprint density at radius 1 is 1.44 bits per heavy atom. The molecule has 0 aliphatic carbocycles. The van der Waals surface area contributed by atoms with Crippen LogP contribution in [0.5, 0.6) is 0 Å². The van der Waals surface area contributed by atoms with Crippen LogP contribution in [0.4, 0.5) is 16.2 Å². The van der Waals surface area contributed by atoms with Crippen molar-refractivity contribution in [2.24, 2.45) is 5.73 Å². The van der Waals surface area contributed by atoms with Crippen molar-refractivity contribution >= 4 is 23.4 Å². The van der Waals surface area contributed by atoms with E-state index in [4.69, 9.17) is 10.2 Å². The number of nitrogens with one attached hydrogen (secondary N) is 2. The summed E-state index contributed by atoms with van der Waals surface area (Å²) >= 11 is 0. The van der Waals surface area contributed by atoms with E-state index >= 15 is 0 Å². The lowest BCUT2D eigenvalue weighted by molar-refractivity contribution is -0.115. The van der Waals surface area contributed by atoms with Gasteiger partial charge in [0.25, 0.3) is 0 Å². The van der Waals surface area contributed by atoms with Crippen LogP contribution in [0.2, 0.25) is 0 Å². The molecule has 1 aromatic carbocycles. The van der Waals surface area contributed by atoms with Gasteiger partial charge in [-0.25, -0.2) is 9.78 Å². The Bertz CT molecular complexity index is 828. The molecule has 4 N–H and O–H groups in total. The molecule has 0 radical (unpaired) electrons. The van der Waals surface area contributed by atoms with Crippen molar-refractivity contribution < 1.29 is 18.7 Å². The molecule has 130 valence electrons. The van der Waals surface area contributed by atoms with Crippen LogP contribution < -0.4 is 16.4 Å². The molecule has 2 aromatic rings. The molecule has 1 aliphatic heterocycles. The Balaban J connectivity index is 2.03. The molecule has 1 atom stereocenters. The summed E-state index contributed by atoms with van der Waals surface area (Å²) in [6.07, 6.45) is 5.28. The zero-order valence-corrected chi connectivity index (χ0v) is 13.6. The number of aromatic nitrogens is 1. The van der Waals surface area contributed by atoms with E-state index in [1.165, 1.54) is 7.11 Å². The molecule has 0 saturated heterocycles. The van der Waals surface area contributed by atoms with Crippen LogP contribution in [0.25, 0.3) is 11.3 Å². The number of oxazole rings is 1. The molecular formula is C17H18N4O4. The van der Waals surface area contributed by atoms with Crippen molar-refractivity contribution in [3.63, 3.8) is 0 Å². The second-order valence-electron chi connectivity index (χ2n) is 5.51. The van der Waals surface area contributed by atoms with Crippen LogP contribution in [-0.2, 0) is 9.53 Å². The number of ether oxygens (including phenoxy) is 1. The summed E-state index contributed by atoms with van der Waals surface area (Å²) in [6.45, 7) is 0. The van der Waals surface area contributed by atoms with Gasteiger partial charge >= 0.3 is 6.09 Å². The summed E-state index contributed by atoms with van der Waals surface area (Å²) in [5.74, 6) is 0.714. The SMILES string of the molecule is COC(=O)Nc1ccc2c(c1)NC(=O)C/C=C/C[C@H](N)c1ncc-2o1. The molecule has 0 fully saturated rings. The molecule has 1 aromatic heterocycles. The summed E-state index contributed by atoms with van der Waals surface area (Å²) in [5, 5.41) is 5.38. The predicted octanol–water partition coefficient (Wildman–Crippen LogP) is 2.81. The standard InChI is InChI=1S/C17H18N4O4/c1-24-17(23)20-10-6-7-11-13(8-10)21-15(22)5-3-2-4-12(18)16-19-9-14(11)25-16/h2-3,6-9,12H,4-5,18H2,1H3,(H,20,23)(H,21,22)/b3-2+/t12-/m0/s1. The van der Waals surface area contributed by atoms with Gasteiger partial charge in [-0.2, -0.15) is 0 Å². The van der Waals surface area contributed by atoms with Crippen molar-refractivity contribution in [3.8, 4) is 11.3 Å². The minimum Gasteiger partial charge on any atom is -0.453 e. The third-order valence-corrected chi connectivity index (χ3v) is 3.69. The molecule has 2 amide bonds. The zero-order valence-electron chi connectivity index (χ0n) is 13.6. The summed E-state index contributed by atoms with van der Waals surface area (Å²) < 4.78 is 10.3. The van der Waals surface area contributed by atoms with E-state index in [2.05, 4.69) is 20.4 Å². The monoisotopic (exact) mass is 342 g/mol. The smallest absolute Gasteiger partial charge is 0.411 e. The fraction of sp³-hybridized carbons (Fsp3) is 0.235. The molecule has 8 heteroatoms. The van der Waals surface area contributed by atoms with Gasteiger partial charge in [0.05, 0.1) is 25.0 Å². The van der Waals surface area contributed by atoms with Gasteiger partial charge in [0.1, 0.15) is 0 Å². The van der Waals surface area contributed by atoms with Crippen LogP contribution in [0.15, 0.2) is 41.0 Å². The number of carbonyl (C=O) groups is 2. The van der Waals surface area contributed by atoms with Crippen LogP contribution in [-0.4, -0.2) is 24.1 Å². The summed E-state index contributed by atoms with van der Waals surface area (Å²) in [4.78, 5) is 27.7. The molecule has 8 nitrogen and oxygen atoms in total. The topological polar surface area (TPSA) is 119 Å². The van der Waals surface area contributed by atoms with Crippen molar-refractivity contribution in [2.75, 3.05) is 17.7 Å². The average molecular weight is 342 g/mol. The number of benzene rings is 1. The quantitative estimate of drug-likeness (QED) is 0.686. The second-order valence-corrected chi connectivity index (χ2v) is 5.51. The molecule has 25 heavy (non-hydrogen) atoms. The van der Waals surface area contributed by atoms with Crippen molar-refractivity contribution in [2.45, 2.75) is 18.9 Å². The maximum absolute atomic E-state index is 12.1. The normalized spacial score (nSPS) is 18.2. The number of methoxy groups -OCH3 is 1. The van der Waals surface area contributed by atoms with Gasteiger partial charge in [-0.1, -0.05) is 12.2 Å². The largest absolute Gasteiger partial charge is 0.453 e. The van der Waals surface area contributed by atoms with E-state index in [1.807, 2.05) is 6.08 Å². The number of hydrogen-bond donors (Lipinski definition) is 3. The fourth-order valence-electron chi connectivity index (χ4n) is 2.43. The molecule has 0 saturated carbocycles. The molecule has 3 rings (SSSR count). The minimum atomic E-state index is -0.602. The Morgan fingerprint density at radius 3 is 3.08 bits per heavy atom. The molecule has 1 aliphatic rings. The first kappa shape index (κ1) is 16.7. The van der Waals surface area contributed by atoms with E-state index in [0.717, 1.165) is 0 Å². The summed E-state index contributed by atoms with van der Waals surface area (Å²) in [7, 11) is 1.27. The highest BCUT2D eigenvalue weighted by atomic mass is 16.5. The maximum atomic E-state index is 12.1. The number of carbonyl (C=O) groups excluding carboxylic acids is 2. The lowest BCUT2D eigenvalue weighted by Gasteiger charge is -2.12. The van der Waals surface area contributed by atoms with Crippen molar-refractivity contribution in [3.05, 3.63) is 42.4 Å². The summed E-state index contributed by atoms with van der Waals surface area (Å²) in [6, 6.07) is 4.65. The van der Waals surface area contributed by atoms with Crippen LogP contribution >= 0.6 is 0 Å². The number of hydrogen-bond acceptors (Lipinski definition) is 6. The van der Waals surface area contributed by atoms with Crippen LogP contribution in [0.1, 0.15) is 24.8 Å². The van der Waals surface area contributed by atoms with Gasteiger partial charge in [0.15, 0.2) is 5.76 Å². The van der Waals surface area contributed by atoms with E-state index in [-0.39, 0.29) is 18.4 Å². The lowest BCUT2D eigenvalue weighted by atomic mass is 10.1. The van der Waals surface area contributed by atoms with E-state index < -0.39 is 6.09 Å². The van der Waals surface area contributed by atoms with E-state index in [9.17, 15) is 9.59 Å².